The predicted octanol–water partition coefficient (Wildman–Crippen LogP) is 3.79. The second-order valence-electron chi connectivity index (χ2n) is 6.79. The third-order valence-electron chi connectivity index (χ3n) is 4.89. The molecule has 0 aromatic heterocycles. The zero-order chi connectivity index (χ0) is 15.4. The van der Waals surface area contributed by atoms with E-state index in [0.717, 1.165) is 57.9 Å². The van der Waals surface area contributed by atoms with Crippen molar-refractivity contribution in [3.63, 3.8) is 0 Å². The van der Waals surface area contributed by atoms with Gasteiger partial charge in [-0.15, -0.1) is 0 Å². The fourth-order valence-electron chi connectivity index (χ4n) is 3.89. The highest BCUT2D eigenvalue weighted by atomic mass is 16.5. The van der Waals surface area contributed by atoms with E-state index >= 15 is 0 Å². The zero-order valence-corrected chi connectivity index (χ0v) is 14.1. The molecule has 0 N–H and O–H groups in total. The van der Waals surface area contributed by atoms with Crippen LogP contribution in [0.5, 0.6) is 5.75 Å². The lowest BCUT2D eigenvalue weighted by atomic mass is 9.88. The first-order valence-corrected chi connectivity index (χ1v) is 8.85. The van der Waals surface area contributed by atoms with Crippen LogP contribution in [-0.4, -0.2) is 36.8 Å². The molecule has 0 atom stereocenters. The Labute approximate surface area is 134 Å². The van der Waals surface area contributed by atoms with Gasteiger partial charge in [-0.1, -0.05) is 38.8 Å². The molecule has 0 radical (unpaired) electrons. The van der Waals surface area contributed by atoms with Crippen LogP contribution in [0.3, 0.4) is 0 Å². The van der Waals surface area contributed by atoms with Gasteiger partial charge >= 0.3 is 0 Å². The number of hydrogen-bond acceptors (Lipinski definition) is 3. The minimum absolute atomic E-state index is 0.0589. The summed E-state index contributed by atoms with van der Waals surface area (Å²) in [6.07, 6.45) is 5.79. The minimum atomic E-state index is 0.0589. The van der Waals surface area contributed by atoms with Crippen molar-refractivity contribution in [2.24, 2.45) is 0 Å². The highest BCUT2D eigenvalue weighted by molar-refractivity contribution is 5.42. The van der Waals surface area contributed by atoms with Crippen molar-refractivity contribution in [2.45, 2.75) is 58.1 Å². The van der Waals surface area contributed by atoms with E-state index in [0.29, 0.717) is 0 Å². The average molecular weight is 303 g/mol. The van der Waals surface area contributed by atoms with Crippen molar-refractivity contribution in [3.8, 4) is 5.75 Å². The van der Waals surface area contributed by atoms with Crippen LogP contribution in [0.1, 0.15) is 50.7 Å². The van der Waals surface area contributed by atoms with Gasteiger partial charge in [0.15, 0.2) is 0 Å². The molecular formula is C19H29NO2. The van der Waals surface area contributed by atoms with E-state index in [1.807, 2.05) is 0 Å². The van der Waals surface area contributed by atoms with Crippen LogP contribution >= 0.6 is 0 Å². The molecule has 3 rings (SSSR count). The number of nitrogens with zero attached hydrogens (tertiary/aromatic N) is 1. The van der Waals surface area contributed by atoms with Crippen molar-refractivity contribution < 1.29 is 9.47 Å². The van der Waals surface area contributed by atoms with Gasteiger partial charge in [0.25, 0.3) is 0 Å². The lowest BCUT2D eigenvalue weighted by molar-refractivity contribution is 0.0341. The molecule has 0 aliphatic carbocycles. The zero-order valence-electron chi connectivity index (χ0n) is 14.1. The van der Waals surface area contributed by atoms with Gasteiger partial charge in [-0.25, -0.2) is 0 Å². The minimum Gasteiger partial charge on any atom is -0.487 e. The first kappa shape index (κ1) is 15.8. The Morgan fingerprint density at radius 3 is 2.50 bits per heavy atom. The number of fused-ring (bicyclic) bond motifs is 1. The highest BCUT2D eigenvalue weighted by Gasteiger charge is 2.37. The van der Waals surface area contributed by atoms with E-state index in [9.17, 15) is 0 Å². The summed E-state index contributed by atoms with van der Waals surface area (Å²) in [5.74, 6) is 1.13. The average Bonchev–Trinajstić information content (AvgIpc) is 2.86. The first-order valence-electron chi connectivity index (χ1n) is 8.85. The Bertz CT molecular complexity index is 488. The maximum Gasteiger partial charge on any atom is 0.123 e. The third kappa shape index (κ3) is 3.47. The van der Waals surface area contributed by atoms with Gasteiger partial charge in [-0.2, -0.15) is 0 Å². The normalized spacial score (nSPS) is 20.6. The van der Waals surface area contributed by atoms with Crippen molar-refractivity contribution >= 4 is 0 Å². The molecule has 1 aromatic rings. The van der Waals surface area contributed by atoms with Gasteiger partial charge < -0.3 is 9.47 Å². The second kappa shape index (κ2) is 7.01. The number of hydrogen-bond donors (Lipinski definition) is 0. The Balaban J connectivity index is 1.70. The standard InChI is InChI=1S/C19H29NO2/c1-3-7-19(8-4-2)14-17-6-5-16(13-18(17)22-19)15-20-9-11-21-12-10-20/h5-6,13H,3-4,7-12,14-15H2,1-2H3. The van der Waals surface area contributed by atoms with Gasteiger partial charge in [0.2, 0.25) is 0 Å². The SMILES string of the molecule is CCCC1(CCC)Cc2ccc(CN3CCOCC3)cc2O1. The van der Waals surface area contributed by atoms with Gasteiger partial charge in [-0.05, 0) is 30.0 Å². The van der Waals surface area contributed by atoms with Crippen LogP contribution in [0.15, 0.2) is 18.2 Å². The molecule has 0 bridgehead atoms. The largest absolute Gasteiger partial charge is 0.487 e. The topological polar surface area (TPSA) is 21.7 Å². The summed E-state index contributed by atoms with van der Waals surface area (Å²) in [7, 11) is 0. The lowest BCUT2D eigenvalue weighted by Gasteiger charge is -2.28. The summed E-state index contributed by atoms with van der Waals surface area (Å²) < 4.78 is 11.9. The molecule has 2 aliphatic rings. The molecule has 2 heterocycles. The molecule has 122 valence electrons. The van der Waals surface area contributed by atoms with Gasteiger partial charge in [0, 0.05) is 26.1 Å². The van der Waals surface area contributed by atoms with Crippen molar-refractivity contribution in [1.82, 2.24) is 4.90 Å². The monoisotopic (exact) mass is 303 g/mol. The van der Waals surface area contributed by atoms with E-state index in [1.54, 1.807) is 0 Å². The van der Waals surface area contributed by atoms with Crippen LogP contribution in [-0.2, 0) is 17.7 Å². The maximum absolute atomic E-state index is 6.46. The van der Waals surface area contributed by atoms with E-state index < -0.39 is 0 Å². The van der Waals surface area contributed by atoms with Gasteiger partial charge in [0.05, 0.1) is 13.2 Å². The molecule has 3 heteroatoms. The summed E-state index contributed by atoms with van der Waals surface area (Å²) in [4.78, 5) is 2.46. The number of benzene rings is 1. The van der Waals surface area contributed by atoms with E-state index in [-0.39, 0.29) is 5.60 Å². The smallest absolute Gasteiger partial charge is 0.123 e. The van der Waals surface area contributed by atoms with E-state index in [4.69, 9.17) is 9.47 Å². The van der Waals surface area contributed by atoms with Crippen molar-refractivity contribution in [1.29, 1.82) is 0 Å². The van der Waals surface area contributed by atoms with Gasteiger partial charge in [-0.3, -0.25) is 4.90 Å². The van der Waals surface area contributed by atoms with Crippen LogP contribution in [0.4, 0.5) is 0 Å². The fraction of sp³-hybridized carbons (Fsp3) is 0.684. The molecule has 1 aromatic carbocycles. The molecule has 0 spiro atoms. The number of ether oxygens (including phenoxy) is 2. The lowest BCUT2D eigenvalue weighted by Crippen LogP contribution is -2.35. The first-order chi connectivity index (χ1) is 10.7. The summed E-state index contributed by atoms with van der Waals surface area (Å²) in [6, 6.07) is 6.85. The summed E-state index contributed by atoms with van der Waals surface area (Å²) in [5, 5.41) is 0. The Morgan fingerprint density at radius 2 is 1.82 bits per heavy atom. The summed E-state index contributed by atoms with van der Waals surface area (Å²) in [6.45, 7) is 9.31. The van der Waals surface area contributed by atoms with E-state index in [2.05, 4.69) is 36.9 Å². The second-order valence-corrected chi connectivity index (χ2v) is 6.79. The maximum atomic E-state index is 6.46. The Hall–Kier alpha value is -1.06. The molecular weight excluding hydrogens is 274 g/mol. The quantitative estimate of drug-likeness (QED) is 0.798. The predicted molar refractivity (Wildman–Crippen MR) is 89.4 cm³/mol. The molecule has 3 nitrogen and oxygen atoms in total. The van der Waals surface area contributed by atoms with Crippen molar-refractivity contribution in [3.05, 3.63) is 29.3 Å². The van der Waals surface area contributed by atoms with Crippen LogP contribution < -0.4 is 4.74 Å². The summed E-state index contributed by atoms with van der Waals surface area (Å²) in [5.41, 5.74) is 2.82. The van der Waals surface area contributed by atoms with Crippen LogP contribution in [0, 0.1) is 0 Å². The number of rotatable bonds is 6. The number of morpholine rings is 1. The fourth-order valence-corrected chi connectivity index (χ4v) is 3.89. The molecule has 0 unspecified atom stereocenters. The molecule has 2 aliphatic heterocycles. The third-order valence-corrected chi connectivity index (χ3v) is 4.89. The molecule has 0 saturated carbocycles. The van der Waals surface area contributed by atoms with Crippen LogP contribution in [0.2, 0.25) is 0 Å². The molecule has 1 fully saturated rings. The Kier molecular flexibility index (Phi) is 5.04. The molecule has 0 amide bonds. The Morgan fingerprint density at radius 1 is 1.09 bits per heavy atom. The highest BCUT2D eigenvalue weighted by Crippen LogP contribution is 2.41. The van der Waals surface area contributed by atoms with Crippen LogP contribution in [0.25, 0.3) is 0 Å². The molecule has 1 saturated heterocycles. The van der Waals surface area contributed by atoms with Gasteiger partial charge in [0.1, 0.15) is 11.4 Å². The summed E-state index contributed by atoms with van der Waals surface area (Å²) >= 11 is 0. The van der Waals surface area contributed by atoms with Crippen molar-refractivity contribution in [2.75, 3.05) is 26.3 Å². The molecule has 22 heavy (non-hydrogen) atoms. The van der Waals surface area contributed by atoms with E-state index in [1.165, 1.54) is 24.0 Å².